The zero-order valence-corrected chi connectivity index (χ0v) is 12.0. The molecule has 0 aliphatic carbocycles. The maximum Gasteiger partial charge on any atom is 0.130 e. The number of para-hydroxylation sites is 1. The summed E-state index contributed by atoms with van der Waals surface area (Å²) in [5.41, 5.74) is 6.20. The second kappa shape index (κ2) is 9.42. The highest BCUT2D eigenvalue weighted by Gasteiger charge is 2.04. The average Bonchev–Trinajstić information content (AvgIpc) is 2.42. The van der Waals surface area contributed by atoms with Gasteiger partial charge in [-0.1, -0.05) is 57.6 Å². The molecule has 106 valence electrons. The molecule has 3 nitrogen and oxygen atoms in total. The smallest absolute Gasteiger partial charge is 0.130 e. The summed E-state index contributed by atoms with van der Waals surface area (Å²) in [6, 6.07) is 7.48. The van der Waals surface area contributed by atoms with E-state index in [0.29, 0.717) is 12.2 Å². The molecule has 0 aliphatic rings. The molecule has 0 aromatic heterocycles. The molecule has 0 spiro atoms. The van der Waals surface area contributed by atoms with Crippen LogP contribution in [0.4, 0.5) is 0 Å². The topological polar surface area (TPSA) is 59.1 Å². The lowest BCUT2D eigenvalue weighted by atomic mass is 10.1. The van der Waals surface area contributed by atoms with Crippen molar-refractivity contribution in [2.75, 3.05) is 6.61 Å². The van der Waals surface area contributed by atoms with E-state index in [1.165, 1.54) is 38.5 Å². The molecule has 1 rings (SSSR count). The fourth-order valence-corrected chi connectivity index (χ4v) is 2.06. The van der Waals surface area contributed by atoms with Crippen LogP contribution in [-0.2, 0) is 0 Å². The number of benzene rings is 1. The maximum absolute atomic E-state index is 7.48. The zero-order chi connectivity index (χ0) is 13.9. The Kier molecular flexibility index (Phi) is 7.71. The summed E-state index contributed by atoms with van der Waals surface area (Å²) in [6.07, 6.45) is 8.90. The first-order valence-electron chi connectivity index (χ1n) is 7.32. The Morgan fingerprint density at radius 1 is 1.05 bits per heavy atom. The van der Waals surface area contributed by atoms with Gasteiger partial charge in [0.05, 0.1) is 12.2 Å². The summed E-state index contributed by atoms with van der Waals surface area (Å²) in [5.74, 6) is 0.788. The Balaban J connectivity index is 2.17. The number of unbranched alkanes of at least 4 members (excludes halogenated alkanes) is 6. The molecular formula is C16H26N2O. The highest BCUT2D eigenvalue weighted by molar-refractivity contribution is 5.97. The molecule has 3 heteroatoms. The van der Waals surface area contributed by atoms with Gasteiger partial charge in [-0.25, -0.2) is 0 Å². The van der Waals surface area contributed by atoms with Gasteiger partial charge in [0.25, 0.3) is 0 Å². The average molecular weight is 262 g/mol. The monoisotopic (exact) mass is 262 g/mol. The van der Waals surface area contributed by atoms with Crippen LogP contribution in [0, 0.1) is 5.41 Å². The molecule has 19 heavy (non-hydrogen) atoms. The number of nitrogens with two attached hydrogens (primary N) is 1. The molecule has 0 fully saturated rings. The van der Waals surface area contributed by atoms with Crippen molar-refractivity contribution >= 4 is 5.84 Å². The van der Waals surface area contributed by atoms with E-state index >= 15 is 0 Å². The molecule has 0 radical (unpaired) electrons. The van der Waals surface area contributed by atoms with E-state index in [4.69, 9.17) is 15.9 Å². The van der Waals surface area contributed by atoms with Gasteiger partial charge < -0.3 is 10.5 Å². The van der Waals surface area contributed by atoms with Crippen molar-refractivity contribution in [1.82, 2.24) is 0 Å². The summed E-state index contributed by atoms with van der Waals surface area (Å²) >= 11 is 0. The highest BCUT2D eigenvalue weighted by atomic mass is 16.5. The third-order valence-electron chi connectivity index (χ3n) is 3.18. The molecule has 1 aromatic carbocycles. The molecular weight excluding hydrogens is 236 g/mol. The van der Waals surface area contributed by atoms with Crippen molar-refractivity contribution in [3.63, 3.8) is 0 Å². The van der Waals surface area contributed by atoms with E-state index < -0.39 is 0 Å². The molecule has 0 saturated carbocycles. The van der Waals surface area contributed by atoms with Crippen molar-refractivity contribution in [3.8, 4) is 5.75 Å². The number of ether oxygens (including phenoxy) is 1. The third kappa shape index (κ3) is 6.27. The number of amidine groups is 1. The Hall–Kier alpha value is -1.51. The Morgan fingerprint density at radius 3 is 2.37 bits per heavy atom. The van der Waals surface area contributed by atoms with Gasteiger partial charge in [-0.2, -0.15) is 0 Å². The molecule has 0 atom stereocenters. The number of rotatable bonds is 10. The fraction of sp³-hybridized carbons (Fsp3) is 0.562. The van der Waals surface area contributed by atoms with Gasteiger partial charge >= 0.3 is 0 Å². The molecule has 0 aliphatic heterocycles. The standard InChI is InChI=1S/C16H26N2O/c1-2-3-4-5-6-7-10-13-19-15-12-9-8-11-14(15)16(17)18/h8-9,11-12H,2-7,10,13H2,1H3,(H3,17,18). The van der Waals surface area contributed by atoms with Crippen LogP contribution in [0.15, 0.2) is 24.3 Å². The lowest BCUT2D eigenvalue weighted by Crippen LogP contribution is -2.13. The maximum atomic E-state index is 7.48. The van der Waals surface area contributed by atoms with E-state index in [9.17, 15) is 0 Å². The van der Waals surface area contributed by atoms with Crippen molar-refractivity contribution < 1.29 is 4.74 Å². The predicted octanol–water partition coefficient (Wildman–Crippen LogP) is 4.10. The number of hydrogen-bond donors (Lipinski definition) is 2. The van der Waals surface area contributed by atoms with E-state index in [0.717, 1.165) is 12.2 Å². The van der Waals surface area contributed by atoms with Crippen molar-refractivity contribution in [3.05, 3.63) is 29.8 Å². The second-order valence-corrected chi connectivity index (χ2v) is 4.88. The molecule has 0 amide bonds. The van der Waals surface area contributed by atoms with Crippen LogP contribution in [0.25, 0.3) is 0 Å². The van der Waals surface area contributed by atoms with Gasteiger partial charge in [0.2, 0.25) is 0 Å². The van der Waals surface area contributed by atoms with Crippen LogP contribution in [0.5, 0.6) is 5.75 Å². The van der Waals surface area contributed by atoms with Crippen LogP contribution in [-0.4, -0.2) is 12.4 Å². The molecule has 0 bridgehead atoms. The largest absolute Gasteiger partial charge is 0.493 e. The van der Waals surface area contributed by atoms with Crippen molar-refractivity contribution in [1.29, 1.82) is 5.41 Å². The summed E-state index contributed by atoms with van der Waals surface area (Å²) in [5, 5.41) is 7.48. The van der Waals surface area contributed by atoms with Gasteiger partial charge in [0.15, 0.2) is 0 Å². The summed E-state index contributed by atoms with van der Waals surface area (Å²) < 4.78 is 5.71. The quantitative estimate of drug-likeness (QED) is 0.379. The molecule has 3 N–H and O–H groups in total. The second-order valence-electron chi connectivity index (χ2n) is 4.88. The molecule has 1 aromatic rings. The zero-order valence-electron chi connectivity index (χ0n) is 12.0. The van der Waals surface area contributed by atoms with Crippen LogP contribution < -0.4 is 10.5 Å². The minimum atomic E-state index is 0.0650. The Morgan fingerprint density at radius 2 is 1.68 bits per heavy atom. The lowest BCUT2D eigenvalue weighted by molar-refractivity contribution is 0.303. The van der Waals surface area contributed by atoms with Crippen molar-refractivity contribution in [2.24, 2.45) is 5.73 Å². The first-order chi connectivity index (χ1) is 9.25. The van der Waals surface area contributed by atoms with Gasteiger partial charge in [-0.05, 0) is 18.6 Å². The number of hydrogen-bond acceptors (Lipinski definition) is 2. The van der Waals surface area contributed by atoms with Gasteiger partial charge in [-0.3, -0.25) is 5.41 Å². The SMILES string of the molecule is CCCCCCCCCOc1ccccc1C(=N)N. The molecule has 0 saturated heterocycles. The molecule has 0 unspecified atom stereocenters. The summed E-state index contributed by atoms with van der Waals surface area (Å²) in [4.78, 5) is 0. The lowest BCUT2D eigenvalue weighted by Gasteiger charge is -2.10. The Labute approximate surface area is 116 Å². The van der Waals surface area contributed by atoms with Crippen LogP contribution in [0.2, 0.25) is 0 Å². The van der Waals surface area contributed by atoms with E-state index in [1.54, 1.807) is 0 Å². The van der Waals surface area contributed by atoms with Gasteiger partial charge in [-0.15, -0.1) is 0 Å². The van der Waals surface area contributed by atoms with Crippen LogP contribution >= 0.6 is 0 Å². The number of nitrogens with one attached hydrogen (secondary N) is 1. The van der Waals surface area contributed by atoms with E-state index in [1.807, 2.05) is 24.3 Å². The van der Waals surface area contributed by atoms with E-state index in [-0.39, 0.29) is 5.84 Å². The van der Waals surface area contributed by atoms with Crippen LogP contribution in [0.3, 0.4) is 0 Å². The van der Waals surface area contributed by atoms with Gasteiger partial charge in [0.1, 0.15) is 11.6 Å². The predicted molar refractivity (Wildman–Crippen MR) is 80.9 cm³/mol. The van der Waals surface area contributed by atoms with E-state index in [2.05, 4.69) is 6.92 Å². The van der Waals surface area contributed by atoms with Gasteiger partial charge in [0, 0.05) is 0 Å². The fourth-order valence-electron chi connectivity index (χ4n) is 2.06. The molecule has 0 heterocycles. The first-order valence-corrected chi connectivity index (χ1v) is 7.32. The number of nitrogen functional groups attached to an aromatic ring is 1. The Bertz CT molecular complexity index is 377. The minimum Gasteiger partial charge on any atom is -0.493 e. The third-order valence-corrected chi connectivity index (χ3v) is 3.18. The summed E-state index contributed by atoms with van der Waals surface area (Å²) in [6.45, 7) is 2.94. The normalized spacial score (nSPS) is 10.4. The highest BCUT2D eigenvalue weighted by Crippen LogP contribution is 2.17. The summed E-state index contributed by atoms with van der Waals surface area (Å²) in [7, 11) is 0. The van der Waals surface area contributed by atoms with Crippen LogP contribution in [0.1, 0.15) is 57.4 Å². The minimum absolute atomic E-state index is 0.0650. The van der Waals surface area contributed by atoms with Crippen molar-refractivity contribution in [2.45, 2.75) is 51.9 Å². The first kappa shape index (κ1) is 15.5.